The van der Waals surface area contributed by atoms with E-state index in [4.69, 9.17) is 5.73 Å². The topological polar surface area (TPSA) is 96.2 Å². The molecule has 1 aliphatic rings. The van der Waals surface area contributed by atoms with Gasteiger partial charge in [0.25, 0.3) is 5.91 Å². The second kappa shape index (κ2) is 7.67. The van der Waals surface area contributed by atoms with E-state index < -0.39 is 0 Å². The molecule has 0 spiro atoms. The van der Waals surface area contributed by atoms with E-state index in [0.29, 0.717) is 22.1 Å². The Morgan fingerprint density at radius 3 is 2.44 bits per heavy atom. The molecule has 6 nitrogen and oxygen atoms in total. The molecule has 132 valence electrons. The average Bonchev–Trinajstić information content (AvgIpc) is 3.26. The van der Waals surface area contributed by atoms with Crippen molar-refractivity contribution < 1.29 is 9.59 Å². The smallest absolute Gasteiger partial charge is 0.324 e. The molecule has 5 N–H and O–H groups in total. The van der Waals surface area contributed by atoms with Gasteiger partial charge >= 0.3 is 6.03 Å². The molecule has 0 unspecified atom stereocenters. The van der Waals surface area contributed by atoms with Crippen molar-refractivity contribution in [1.29, 1.82) is 0 Å². The van der Waals surface area contributed by atoms with Gasteiger partial charge in [-0.1, -0.05) is 31.0 Å². The summed E-state index contributed by atoms with van der Waals surface area (Å²) in [5, 5.41) is 9.19. The summed E-state index contributed by atoms with van der Waals surface area (Å²) in [6, 6.07) is 12.3. The molecule has 3 amide bonds. The Kier molecular flexibility index (Phi) is 5.35. The van der Waals surface area contributed by atoms with E-state index in [2.05, 4.69) is 16.0 Å². The summed E-state index contributed by atoms with van der Waals surface area (Å²) in [6.45, 7) is 0.453. The van der Waals surface area contributed by atoms with Crippen LogP contribution in [0, 0.1) is 0 Å². The van der Waals surface area contributed by atoms with Crippen LogP contribution < -0.4 is 21.7 Å². The van der Waals surface area contributed by atoms with Crippen LogP contribution in [0.25, 0.3) is 0 Å². The molecule has 0 bridgehead atoms. The van der Waals surface area contributed by atoms with Crippen molar-refractivity contribution in [2.45, 2.75) is 31.2 Å². The molecule has 1 heterocycles. The maximum Gasteiger partial charge on any atom is 0.324 e. The molecule has 0 saturated heterocycles. The number of hydrogen-bond acceptors (Lipinski definition) is 4. The maximum absolute atomic E-state index is 12.5. The van der Waals surface area contributed by atoms with E-state index >= 15 is 0 Å². The minimum absolute atomic E-state index is 0.131. The molecule has 25 heavy (non-hydrogen) atoms. The van der Waals surface area contributed by atoms with E-state index in [-0.39, 0.29) is 17.5 Å². The van der Waals surface area contributed by atoms with Crippen LogP contribution in [0.3, 0.4) is 0 Å². The Morgan fingerprint density at radius 1 is 1.04 bits per heavy atom. The van der Waals surface area contributed by atoms with E-state index in [1.807, 2.05) is 18.2 Å². The van der Waals surface area contributed by atoms with E-state index in [1.165, 1.54) is 11.3 Å². The highest BCUT2D eigenvalue weighted by atomic mass is 32.1. The Labute approximate surface area is 150 Å². The summed E-state index contributed by atoms with van der Waals surface area (Å²) in [5.74, 6) is -0.131. The number of carbonyl (C=O) groups is 2. The molecule has 1 aromatic heterocycles. The first-order valence-corrected chi connectivity index (χ1v) is 9.17. The first-order valence-electron chi connectivity index (χ1n) is 8.36. The van der Waals surface area contributed by atoms with Crippen molar-refractivity contribution in [3.63, 3.8) is 0 Å². The maximum atomic E-state index is 12.5. The van der Waals surface area contributed by atoms with Gasteiger partial charge in [-0.2, -0.15) is 0 Å². The molecule has 0 radical (unpaired) electrons. The van der Waals surface area contributed by atoms with Crippen molar-refractivity contribution in [3.05, 3.63) is 47.3 Å². The molecular formula is C18H22N4O2S. The number of thiophene rings is 1. The van der Waals surface area contributed by atoms with Gasteiger partial charge in [-0.15, -0.1) is 11.3 Å². The second-order valence-corrected chi connectivity index (χ2v) is 7.34. The standard InChI is InChI=1S/C18H22N4O2S/c19-12-18(10-4-5-11-18)22-16(23)14-8-9-15(25-14)21-17(24)20-13-6-2-1-3-7-13/h1-3,6-9H,4-5,10-12,19H2,(H,22,23)(H2,20,21,24). The van der Waals surface area contributed by atoms with Gasteiger partial charge in [0.2, 0.25) is 0 Å². The zero-order valence-corrected chi connectivity index (χ0v) is 14.7. The molecule has 0 aliphatic heterocycles. The van der Waals surface area contributed by atoms with Gasteiger partial charge in [0.05, 0.1) is 15.4 Å². The normalized spacial score (nSPS) is 15.6. The minimum atomic E-state index is -0.339. The number of urea groups is 1. The summed E-state index contributed by atoms with van der Waals surface area (Å²) in [4.78, 5) is 25.0. The number of carbonyl (C=O) groups excluding carboxylic acids is 2. The van der Waals surface area contributed by atoms with E-state index in [9.17, 15) is 9.59 Å². The van der Waals surface area contributed by atoms with Gasteiger partial charge in [0.1, 0.15) is 0 Å². The van der Waals surface area contributed by atoms with Crippen LogP contribution >= 0.6 is 11.3 Å². The van der Waals surface area contributed by atoms with Crippen molar-refractivity contribution in [1.82, 2.24) is 5.32 Å². The molecular weight excluding hydrogens is 336 g/mol. The summed E-state index contributed by atoms with van der Waals surface area (Å²) in [5.41, 5.74) is 6.29. The average molecular weight is 358 g/mol. The number of rotatable bonds is 5. The first kappa shape index (κ1) is 17.4. The quantitative estimate of drug-likeness (QED) is 0.659. The number of hydrogen-bond donors (Lipinski definition) is 4. The molecule has 1 aromatic carbocycles. The van der Waals surface area contributed by atoms with Crippen LogP contribution in [-0.2, 0) is 0 Å². The van der Waals surface area contributed by atoms with Crippen molar-refractivity contribution in [2.24, 2.45) is 5.73 Å². The lowest BCUT2D eigenvalue weighted by Crippen LogP contribution is -2.51. The molecule has 2 aromatic rings. The predicted octanol–water partition coefficient (Wildman–Crippen LogP) is 3.39. The fraction of sp³-hybridized carbons (Fsp3) is 0.333. The number of nitrogens with two attached hydrogens (primary N) is 1. The number of amides is 3. The van der Waals surface area contributed by atoms with Crippen LogP contribution in [0.4, 0.5) is 15.5 Å². The van der Waals surface area contributed by atoms with Gasteiger partial charge < -0.3 is 16.4 Å². The van der Waals surface area contributed by atoms with Gasteiger partial charge in [0.15, 0.2) is 0 Å². The molecule has 1 saturated carbocycles. The SMILES string of the molecule is NCC1(NC(=O)c2ccc(NC(=O)Nc3ccccc3)s2)CCCC1. The minimum Gasteiger partial charge on any atom is -0.345 e. The predicted molar refractivity (Wildman–Crippen MR) is 101 cm³/mol. The van der Waals surface area contributed by atoms with Crippen molar-refractivity contribution in [2.75, 3.05) is 17.2 Å². The largest absolute Gasteiger partial charge is 0.345 e. The lowest BCUT2D eigenvalue weighted by Gasteiger charge is -2.28. The highest BCUT2D eigenvalue weighted by Gasteiger charge is 2.34. The molecule has 0 atom stereocenters. The number of anilines is 2. The Bertz CT molecular complexity index is 739. The lowest BCUT2D eigenvalue weighted by molar-refractivity contribution is 0.0907. The monoisotopic (exact) mass is 358 g/mol. The van der Waals surface area contributed by atoms with E-state index in [1.54, 1.807) is 24.3 Å². The van der Waals surface area contributed by atoms with Crippen LogP contribution in [0.2, 0.25) is 0 Å². The summed E-state index contributed by atoms with van der Waals surface area (Å²) >= 11 is 1.25. The highest BCUT2D eigenvalue weighted by Crippen LogP contribution is 2.30. The molecule has 3 rings (SSSR count). The fourth-order valence-electron chi connectivity index (χ4n) is 3.06. The second-order valence-electron chi connectivity index (χ2n) is 6.25. The number of para-hydroxylation sites is 1. The van der Waals surface area contributed by atoms with Gasteiger partial charge in [-0.05, 0) is 37.1 Å². The first-order chi connectivity index (χ1) is 12.1. The lowest BCUT2D eigenvalue weighted by atomic mass is 9.98. The van der Waals surface area contributed by atoms with Crippen LogP contribution in [0.5, 0.6) is 0 Å². The van der Waals surface area contributed by atoms with Gasteiger partial charge in [-0.25, -0.2) is 4.79 Å². The van der Waals surface area contributed by atoms with Gasteiger partial charge in [-0.3, -0.25) is 10.1 Å². The Balaban J connectivity index is 1.58. The zero-order valence-electron chi connectivity index (χ0n) is 13.9. The Hall–Kier alpha value is -2.38. The van der Waals surface area contributed by atoms with Crippen molar-refractivity contribution in [3.8, 4) is 0 Å². The van der Waals surface area contributed by atoms with Crippen LogP contribution in [-0.4, -0.2) is 24.0 Å². The third kappa shape index (κ3) is 4.37. The third-order valence-electron chi connectivity index (χ3n) is 4.43. The van der Waals surface area contributed by atoms with E-state index in [0.717, 1.165) is 25.7 Å². The third-order valence-corrected chi connectivity index (χ3v) is 5.43. The van der Waals surface area contributed by atoms with Crippen molar-refractivity contribution >= 4 is 34.0 Å². The molecule has 1 fully saturated rings. The summed E-state index contributed by atoms with van der Waals surface area (Å²) in [6.07, 6.45) is 4.03. The summed E-state index contributed by atoms with van der Waals surface area (Å²) < 4.78 is 0. The van der Waals surface area contributed by atoms with Crippen LogP contribution in [0.15, 0.2) is 42.5 Å². The van der Waals surface area contributed by atoms with Gasteiger partial charge in [0, 0.05) is 12.2 Å². The number of nitrogens with one attached hydrogen (secondary N) is 3. The highest BCUT2D eigenvalue weighted by molar-refractivity contribution is 7.18. The van der Waals surface area contributed by atoms with Crippen LogP contribution in [0.1, 0.15) is 35.4 Å². The summed E-state index contributed by atoms with van der Waals surface area (Å²) in [7, 11) is 0. The fourth-order valence-corrected chi connectivity index (χ4v) is 3.85. The molecule has 7 heteroatoms. The zero-order chi connectivity index (χ0) is 17.7. The number of benzene rings is 1. The molecule has 1 aliphatic carbocycles. The Morgan fingerprint density at radius 2 is 1.76 bits per heavy atom.